The maximum Gasteiger partial charge on any atom is 0.407 e. The highest BCUT2D eigenvalue weighted by atomic mass is 16.4. The molecule has 1 saturated heterocycles. The first-order valence-corrected chi connectivity index (χ1v) is 11.1. The summed E-state index contributed by atoms with van der Waals surface area (Å²) in [5.41, 5.74) is 5.18. The summed E-state index contributed by atoms with van der Waals surface area (Å²) in [7, 11) is 0. The number of pyridine rings is 1. The molecule has 0 radical (unpaired) electrons. The number of nitrogens with one attached hydrogen (secondary N) is 2. The Bertz CT molecular complexity index is 1400. The number of rotatable bonds is 5. The highest BCUT2D eigenvalue weighted by Gasteiger charge is 2.20. The van der Waals surface area contributed by atoms with Gasteiger partial charge in [0.15, 0.2) is 0 Å². The summed E-state index contributed by atoms with van der Waals surface area (Å²) in [4.78, 5) is 41.1. The number of H-pyrrole nitrogens is 2. The van der Waals surface area contributed by atoms with Gasteiger partial charge in [0.25, 0.3) is 5.56 Å². The lowest BCUT2D eigenvalue weighted by Crippen LogP contribution is -2.47. The summed E-state index contributed by atoms with van der Waals surface area (Å²) in [6.45, 7) is 3.40. The van der Waals surface area contributed by atoms with Crippen LogP contribution in [0.3, 0.4) is 0 Å². The van der Waals surface area contributed by atoms with Crippen LogP contribution in [0.1, 0.15) is 16.8 Å². The van der Waals surface area contributed by atoms with E-state index in [1.165, 1.54) is 16.8 Å². The Labute approximate surface area is 195 Å². The topological polar surface area (TPSA) is 118 Å². The number of benzene rings is 1. The molecule has 4 heterocycles. The van der Waals surface area contributed by atoms with E-state index in [2.05, 4.69) is 49.1 Å². The summed E-state index contributed by atoms with van der Waals surface area (Å²) in [6.07, 6.45) is 6.25. The molecule has 1 aliphatic rings. The minimum atomic E-state index is -0.843. The molecule has 9 nitrogen and oxygen atoms in total. The molecule has 172 valence electrons. The van der Waals surface area contributed by atoms with Gasteiger partial charge in [-0.05, 0) is 35.4 Å². The van der Waals surface area contributed by atoms with Crippen LogP contribution in [-0.2, 0) is 6.54 Å². The number of aromatic nitrogens is 4. The predicted molar refractivity (Wildman–Crippen MR) is 130 cm³/mol. The molecule has 0 saturated carbocycles. The number of carboxylic acid groups (broad SMARTS) is 1. The van der Waals surface area contributed by atoms with Gasteiger partial charge in [-0.3, -0.25) is 14.7 Å². The van der Waals surface area contributed by atoms with Crippen molar-refractivity contribution in [1.82, 2.24) is 29.7 Å². The van der Waals surface area contributed by atoms with Gasteiger partial charge in [-0.15, -0.1) is 0 Å². The van der Waals surface area contributed by atoms with Crippen molar-refractivity contribution in [3.63, 3.8) is 0 Å². The maximum atomic E-state index is 12.0. The molecule has 3 aromatic heterocycles. The van der Waals surface area contributed by atoms with Crippen LogP contribution in [0.15, 0.2) is 59.8 Å². The summed E-state index contributed by atoms with van der Waals surface area (Å²) < 4.78 is 0. The molecule has 4 aromatic rings. The fraction of sp³-hybridized carbons (Fsp3) is 0.200. The number of amides is 1. The van der Waals surface area contributed by atoms with E-state index in [0.29, 0.717) is 24.1 Å². The van der Waals surface area contributed by atoms with Crippen molar-refractivity contribution in [2.24, 2.45) is 0 Å². The van der Waals surface area contributed by atoms with Gasteiger partial charge in [-0.25, -0.2) is 9.78 Å². The molecule has 3 N–H and O–H groups in total. The van der Waals surface area contributed by atoms with E-state index >= 15 is 0 Å². The number of piperazine rings is 1. The first-order chi connectivity index (χ1) is 16.5. The van der Waals surface area contributed by atoms with Crippen molar-refractivity contribution in [1.29, 1.82) is 0 Å². The fourth-order valence-electron chi connectivity index (χ4n) is 4.09. The van der Waals surface area contributed by atoms with E-state index in [1.807, 2.05) is 24.3 Å². The molecule has 0 unspecified atom stereocenters. The summed E-state index contributed by atoms with van der Waals surface area (Å²) in [6, 6.07) is 14.0. The Morgan fingerprint density at radius 3 is 2.56 bits per heavy atom. The molecule has 1 aliphatic heterocycles. The molecule has 1 amide bonds. The molecular formula is C25H24N6O3. The summed E-state index contributed by atoms with van der Waals surface area (Å²) in [5, 5.41) is 9.59. The Morgan fingerprint density at radius 1 is 1.03 bits per heavy atom. The lowest BCUT2D eigenvalue weighted by atomic mass is 10.1. The van der Waals surface area contributed by atoms with Crippen LogP contribution >= 0.6 is 0 Å². The Hall–Kier alpha value is -4.24. The third-order valence-corrected chi connectivity index (χ3v) is 6.00. The normalized spacial score (nSPS) is 14.8. The van der Waals surface area contributed by atoms with Crippen LogP contribution in [0.25, 0.3) is 34.4 Å². The van der Waals surface area contributed by atoms with Crippen LogP contribution in [0, 0.1) is 0 Å². The van der Waals surface area contributed by atoms with Gasteiger partial charge in [-0.2, -0.15) is 0 Å². The molecular weight excluding hydrogens is 432 g/mol. The van der Waals surface area contributed by atoms with E-state index in [4.69, 9.17) is 5.11 Å². The van der Waals surface area contributed by atoms with Gasteiger partial charge in [0, 0.05) is 50.2 Å². The van der Waals surface area contributed by atoms with Crippen molar-refractivity contribution in [2.75, 3.05) is 26.2 Å². The SMILES string of the molecule is O=C(O)N1CCN(Cc2ccc(C=Cc3cc(-c4cc5c(=O)[nH]cnc5[nH]4)ccn3)cc2)CC1. The average molecular weight is 457 g/mol. The Morgan fingerprint density at radius 2 is 1.82 bits per heavy atom. The third kappa shape index (κ3) is 4.74. The molecule has 0 bridgehead atoms. The van der Waals surface area contributed by atoms with Crippen molar-refractivity contribution >= 4 is 29.3 Å². The number of carbonyl (C=O) groups is 1. The zero-order chi connectivity index (χ0) is 23.5. The highest BCUT2D eigenvalue weighted by Crippen LogP contribution is 2.22. The third-order valence-electron chi connectivity index (χ3n) is 6.00. The van der Waals surface area contributed by atoms with Crippen LogP contribution < -0.4 is 5.56 Å². The lowest BCUT2D eigenvalue weighted by Gasteiger charge is -2.33. The standard InChI is InChI=1S/C25H24N6O3/c32-24-21-14-22(29-23(21)27-16-28-24)19-7-8-26-20(13-19)6-5-17-1-3-18(4-2-17)15-30-9-11-31(12-10-30)25(33)34/h1-8,13-14,16H,9-12,15H2,(H,33,34)(H2,27,28,29,32). The second kappa shape index (κ2) is 9.32. The van der Waals surface area contributed by atoms with E-state index < -0.39 is 6.09 Å². The zero-order valence-corrected chi connectivity index (χ0v) is 18.4. The molecule has 1 aromatic carbocycles. The fourth-order valence-corrected chi connectivity index (χ4v) is 4.09. The Kier molecular flexibility index (Phi) is 5.92. The second-order valence-electron chi connectivity index (χ2n) is 8.27. The molecule has 9 heteroatoms. The molecule has 5 rings (SSSR count). The smallest absolute Gasteiger partial charge is 0.407 e. The van der Waals surface area contributed by atoms with Crippen molar-refractivity contribution < 1.29 is 9.90 Å². The number of hydrogen-bond acceptors (Lipinski definition) is 5. The van der Waals surface area contributed by atoms with Gasteiger partial charge in [-0.1, -0.05) is 30.3 Å². The number of aromatic amines is 2. The van der Waals surface area contributed by atoms with Gasteiger partial charge in [0.1, 0.15) is 5.65 Å². The molecule has 1 fully saturated rings. The maximum absolute atomic E-state index is 12.0. The summed E-state index contributed by atoms with van der Waals surface area (Å²) in [5.74, 6) is 0. The zero-order valence-electron chi connectivity index (χ0n) is 18.4. The number of nitrogens with zero attached hydrogens (tertiary/aromatic N) is 4. The minimum Gasteiger partial charge on any atom is -0.465 e. The van der Waals surface area contributed by atoms with Crippen molar-refractivity contribution in [3.05, 3.63) is 82.2 Å². The van der Waals surface area contributed by atoms with Crippen LogP contribution in [0.4, 0.5) is 4.79 Å². The van der Waals surface area contributed by atoms with Crippen LogP contribution in [-0.4, -0.2) is 67.1 Å². The van der Waals surface area contributed by atoms with Crippen molar-refractivity contribution in [2.45, 2.75) is 6.54 Å². The molecule has 0 aliphatic carbocycles. The first kappa shape index (κ1) is 21.6. The number of fused-ring (bicyclic) bond motifs is 1. The minimum absolute atomic E-state index is 0.173. The molecule has 0 spiro atoms. The molecule has 0 atom stereocenters. The number of hydrogen-bond donors (Lipinski definition) is 3. The average Bonchev–Trinajstić information content (AvgIpc) is 3.30. The predicted octanol–water partition coefficient (Wildman–Crippen LogP) is 3.28. The highest BCUT2D eigenvalue weighted by molar-refractivity contribution is 5.82. The summed E-state index contributed by atoms with van der Waals surface area (Å²) >= 11 is 0. The van der Waals surface area contributed by atoms with E-state index in [-0.39, 0.29) is 5.56 Å². The van der Waals surface area contributed by atoms with Gasteiger partial charge in [0.2, 0.25) is 0 Å². The van der Waals surface area contributed by atoms with Crippen LogP contribution in [0.2, 0.25) is 0 Å². The van der Waals surface area contributed by atoms with Gasteiger partial charge >= 0.3 is 6.09 Å². The lowest BCUT2D eigenvalue weighted by molar-refractivity contribution is 0.103. The van der Waals surface area contributed by atoms with E-state index in [1.54, 1.807) is 12.3 Å². The second-order valence-corrected chi connectivity index (χ2v) is 8.27. The largest absolute Gasteiger partial charge is 0.465 e. The first-order valence-electron chi connectivity index (χ1n) is 11.1. The quantitative estimate of drug-likeness (QED) is 0.424. The molecule has 34 heavy (non-hydrogen) atoms. The Balaban J connectivity index is 1.24. The van der Waals surface area contributed by atoms with Crippen molar-refractivity contribution in [3.8, 4) is 11.3 Å². The van der Waals surface area contributed by atoms with Gasteiger partial charge in [0.05, 0.1) is 17.4 Å². The van der Waals surface area contributed by atoms with E-state index in [0.717, 1.165) is 42.1 Å². The van der Waals surface area contributed by atoms with Crippen LogP contribution in [0.5, 0.6) is 0 Å². The monoisotopic (exact) mass is 456 g/mol. The van der Waals surface area contributed by atoms with Gasteiger partial charge < -0.3 is 20.0 Å². The van der Waals surface area contributed by atoms with E-state index in [9.17, 15) is 9.59 Å².